The van der Waals surface area contributed by atoms with E-state index in [9.17, 15) is 13.2 Å². The standard InChI is InChI=1S/C16H22ClNO6S/c1-11(16(19)20)18(2)25(21,22)15-9-12(17)6-7-14(15)24-10-13-5-3-4-8-23-13/h6-7,9,11,13H,3-5,8,10H2,1-2H3,(H,19,20). The molecule has 0 aliphatic carbocycles. The zero-order valence-electron chi connectivity index (χ0n) is 14.1. The first-order valence-corrected chi connectivity index (χ1v) is 9.80. The monoisotopic (exact) mass is 391 g/mol. The summed E-state index contributed by atoms with van der Waals surface area (Å²) in [5, 5.41) is 9.30. The molecule has 1 fully saturated rings. The maximum absolute atomic E-state index is 12.8. The van der Waals surface area contributed by atoms with E-state index in [-0.39, 0.29) is 28.4 Å². The first-order valence-electron chi connectivity index (χ1n) is 7.98. The summed E-state index contributed by atoms with van der Waals surface area (Å²) >= 11 is 5.94. The van der Waals surface area contributed by atoms with Crippen molar-refractivity contribution in [1.29, 1.82) is 0 Å². The minimum atomic E-state index is -4.09. The lowest BCUT2D eigenvalue weighted by Gasteiger charge is -2.25. The van der Waals surface area contributed by atoms with Crippen LogP contribution in [0.25, 0.3) is 0 Å². The summed E-state index contributed by atoms with van der Waals surface area (Å²) in [6.45, 7) is 2.18. The summed E-state index contributed by atoms with van der Waals surface area (Å²) in [4.78, 5) is 11.0. The lowest BCUT2D eigenvalue weighted by Crippen LogP contribution is -2.40. The van der Waals surface area contributed by atoms with E-state index in [0.29, 0.717) is 6.61 Å². The molecule has 25 heavy (non-hydrogen) atoms. The Labute approximate surface area is 152 Å². The van der Waals surface area contributed by atoms with Crippen LogP contribution >= 0.6 is 11.6 Å². The number of halogens is 1. The Morgan fingerprint density at radius 3 is 2.80 bits per heavy atom. The van der Waals surface area contributed by atoms with Crippen LogP contribution in [0.4, 0.5) is 0 Å². The summed E-state index contributed by atoms with van der Waals surface area (Å²) in [6, 6.07) is 3.03. The van der Waals surface area contributed by atoms with Crippen LogP contribution in [0.1, 0.15) is 26.2 Å². The van der Waals surface area contributed by atoms with Crippen molar-refractivity contribution in [3.63, 3.8) is 0 Å². The number of likely N-dealkylation sites (N-methyl/N-ethyl adjacent to an activating group) is 1. The molecule has 1 aromatic rings. The summed E-state index contributed by atoms with van der Waals surface area (Å²) in [7, 11) is -2.88. The smallest absolute Gasteiger partial charge is 0.321 e. The molecule has 7 nitrogen and oxygen atoms in total. The van der Waals surface area contributed by atoms with Crippen LogP contribution in [0.15, 0.2) is 23.1 Å². The number of benzene rings is 1. The number of carboxylic acid groups (broad SMARTS) is 1. The normalized spacial score (nSPS) is 19.6. The number of hydrogen-bond donors (Lipinski definition) is 1. The maximum atomic E-state index is 12.8. The van der Waals surface area contributed by atoms with Gasteiger partial charge in [-0.05, 0) is 44.4 Å². The Morgan fingerprint density at radius 2 is 2.20 bits per heavy atom. The van der Waals surface area contributed by atoms with Crippen LogP contribution in [0.2, 0.25) is 5.02 Å². The fourth-order valence-electron chi connectivity index (χ4n) is 2.44. The minimum Gasteiger partial charge on any atom is -0.489 e. The van der Waals surface area contributed by atoms with Crippen LogP contribution in [-0.2, 0) is 19.6 Å². The molecule has 2 atom stereocenters. The van der Waals surface area contributed by atoms with Gasteiger partial charge in [-0.2, -0.15) is 4.31 Å². The molecule has 1 aromatic carbocycles. The quantitative estimate of drug-likeness (QED) is 0.767. The molecule has 0 saturated carbocycles. The molecule has 9 heteroatoms. The Hall–Kier alpha value is -1.35. The zero-order valence-corrected chi connectivity index (χ0v) is 15.7. The van der Waals surface area contributed by atoms with Crippen molar-refractivity contribution in [2.75, 3.05) is 20.3 Å². The molecule has 1 aliphatic rings. The van der Waals surface area contributed by atoms with E-state index in [0.717, 1.165) is 23.6 Å². The van der Waals surface area contributed by atoms with Crippen LogP contribution in [0, 0.1) is 0 Å². The summed E-state index contributed by atoms with van der Waals surface area (Å²) < 4.78 is 37.6. The van der Waals surface area contributed by atoms with Gasteiger partial charge in [0.2, 0.25) is 10.0 Å². The first-order chi connectivity index (χ1) is 11.7. The molecule has 0 amide bonds. The van der Waals surface area contributed by atoms with E-state index in [4.69, 9.17) is 26.2 Å². The fourth-order valence-corrected chi connectivity index (χ4v) is 4.15. The SMILES string of the molecule is CC(C(=O)O)N(C)S(=O)(=O)c1cc(Cl)ccc1OCC1CCCCO1. The van der Waals surface area contributed by atoms with E-state index in [1.54, 1.807) is 0 Å². The molecule has 2 unspecified atom stereocenters. The molecular weight excluding hydrogens is 370 g/mol. The average Bonchev–Trinajstić information content (AvgIpc) is 2.60. The van der Waals surface area contributed by atoms with E-state index >= 15 is 0 Å². The summed E-state index contributed by atoms with van der Waals surface area (Å²) in [5.41, 5.74) is 0. The third-order valence-electron chi connectivity index (χ3n) is 4.16. The topological polar surface area (TPSA) is 93.1 Å². The molecule has 0 radical (unpaired) electrons. The Bertz CT molecular complexity index is 717. The zero-order chi connectivity index (χ0) is 18.6. The second kappa shape index (κ2) is 8.35. The molecule has 1 heterocycles. The van der Waals surface area contributed by atoms with Gasteiger partial charge in [0, 0.05) is 18.7 Å². The number of hydrogen-bond acceptors (Lipinski definition) is 5. The maximum Gasteiger partial charge on any atom is 0.321 e. The Kier molecular flexibility index (Phi) is 6.67. The van der Waals surface area contributed by atoms with Gasteiger partial charge in [0.05, 0.1) is 6.10 Å². The van der Waals surface area contributed by atoms with E-state index in [2.05, 4.69) is 0 Å². The van der Waals surface area contributed by atoms with Gasteiger partial charge in [-0.25, -0.2) is 8.42 Å². The molecule has 0 bridgehead atoms. The highest BCUT2D eigenvalue weighted by Crippen LogP contribution is 2.30. The van der Waals surface area contributed by atoms with Crippen molar-refractivity contribution in [3.05, 3.63) is 23.2 Å². The number of aliphatic carboxylic acids is 1. The second-order valence-corrected chi connectivity index (χ2v) is 8.33. The Balaban J connectivity index is 2.26. The van der Waals surface area contributed by atoms with Crippen molar-refractivity contribution < 1.29 is 27.8 Å². The van der Waals surface area contributed by atoms with Gasteiger partial charge in [-0.3, -0.25) is 4.79 Å². The second-order valence-electron chi connectivity index (χ2n) is 5.93. The molecular formula is C16H22ClNO6S. The molecule has 1 saturated heterocycles. The number of carboxylic acids is 1. The third kappa shape index (κ3) is 4.84. The minimum absolute atomic E-state index is 0.0874. The van der Waals surface area contributed by atoms with E-state index in [1.165, 1.54) is 32.2 Å². The highest BCUT2D eigenvalue weighted by molar-refractivity contribution is 7.89. The number of sulfonamides is 1. The molecule has 0 spiro atoms. The lowest BCUT2D eigenvalue weighted by atomic mass is 10.1. The van der Waals surface area contributed by atoms with E-state index < -0.39 is 22.0 Å². The molecule has 1 N–H and O–H groups in total. The van der Waals surface area contributed by atoms with Crippen LogP contribution < -0.4 is 4.74 Å². The number of nitrogens with zero attached hydrogens (tertiary/aromatic N) is 1. The predicted molar refractivity (Wildman–Crippen MR) is 92.6 cm³/mol. The molecule has 2 rings (SSSR count). The van der Waals surface area contributed by atoms with Gasteiger partial charge in [0.15, 0.2) is 0 Å². The molecule has 1 aliphatic heterocycles. The molecule has 140 valence electrons. The van der Waals surface area contributed by atoms with Crippen molar-refractivity contribution >= 4 is 27.6 Å². The van der Waals surface area contributed by atoms with Gasteiger partial charge < -0.3 is 14.6 Å². The first kappa shape index (κ1) is 20.0. The van der Waals surface area contributed by atoms with Crippen LogP contribution in [0.5, 0.6) is 5.75 Å². The van der Waals surface area contributed by atoms with Crippen molar-refractivity contribution in [2.24, 2.45) is 0 Å². The molecule has 0 aromatic heterocycles. The number of carbonyl (C=O) groups is 1. The third-order valence-corrected chi connectivity index (χ3v) is 6.35. The summed E-state index contributed by atoms with van der Waals surface area (Å²) in [5.74, 6) is -1.12. The van der Waals surface area contributed by atoms with Crippen LogP contribution in [-0.4, -0.2) is 56.2 Å². The van der Waals surface area contributed by atoms with Crippen molar-refractivity contribution in [1.82, 2.24) is 4.31 Å². The van der Waals surface area contributed by atoms with Gasteiger partial charge in [-0.15, -0.1) is 0 Å². The predicted octanol–water partition coefficient (Wildman–Crippen LogP) is 2.38. The van der Waals surface area contributed by atoms with Gasteiger partial charge >= 0.3 is 5.97 Å². The highest BCUT2D eigenvalue weighted by atomic mass is 35.5. The largest absolute Gasteiger partial charge is 0.489 e. The lowest BCUT2D eigenvalue weighted by molar-refractivity contribution is -0.140. The number of rotatable bonds is 7. The van der Waals surface area contributed by atoms with E-state index in [1.807, 2.05) is 0 Å². The Morgan fingerprint density at radius 1 is 1.48 bits per heavy atom. The fraction of sp³-hybridized carbons (Fsp3) is 0.562. The van der Waals surface area contributed by atoms with Gasteiger partial charge in [-0.1, -0.05) is 11.6 Å². The highest BCUT2D eigenvalue weighted by Gasteiger charge is 2.32. The van der Waals surface area contributed by atoms with Crippen molar-refractivity contribution in [2.45, 2.75) is 43.2 Å². The number of ether oxygens (including phenoxy) is 2. The average molecular weight is 392 g/mol. The van der Waals surface area contributed by atoms with Gasteiger partial charge in [0.25, 0.3) is 0 Å². The van der Waals surface area contributed by atoms with Crippen molar-refractivity contribution in [3.8, 4) is 5.75 Å². The summed E-state index contributed by atoms with van der Waals surface area (Å²) in [6.07, 6.45) is 2.81. The van der Waals surface area contributed by atoms with Crippen LogP contribution in [0.3, 0.4) is 0 Å². The van der Waals surface area contributed by atoms with Gasteiger partial charge in [0.1, 0.15) is 23.3 Å².